The lowest BCUT2D eigenvalue weighted by atomic mass is 10.1. The van der Waals surface area contributed by atoms with Gasteiger partial charge in [0.15, 0.2) is 0 Å². The Labute approximate surface area is 77.8 Å². The molecule has 0 unspecified atom stereocenters. The highest BCUT2D eigenvalue weighted by atomic mass is 16.5. The van der Waals surface area contributed by atoms with Crippen LogP contribution in [0.1, 0.15) is 19.8 Å². The molecule has 1 aliphatic heterocycles. The van der Waals surface area contributed by atoms with Crippen LogP contribution in [0.2, 0.25) is 0 Å². The Hall–Kier alpha value is -1.06. The van der Waals surface area contributed by atoms with Gasteiger partial charge in [-0.2, -0.15) is 0 Å². The van der Waals surface area contributed by atoms with Crippen LogP contribution < -0.4 is 0 Å². The third-order valence-corrected chi connectivity index (χ3v) is 2.24. The summed E-state index contributed by atoms with van der Waals surface area (Å²) in [4.78, 5) is 24.1. The Kier molecular flexibility index (Phi) is 3.28. The zero-order valence-corrected chi connectivity index (χ0v) is 8.08. The number of amides is 1. The van der Waals surface area contributed by atoms with Gasteiger partial charge in [-0.1, -0.05) is 6.92 Å². The molecule has 74 valence electrons. The van der Waals surface area contributed by atoms with Crippen LogP contribution in [0.5, 0.6) is 0 Å². The number of nitrogens with zero attached hydrogens (tertiary/aromatic N) is 1. The normalized spacial score (nSPS) is 22.2. The lowest BCUT2D eigenvalue weighted by Crippen LogP contribution is -2.27. The molecule has 1 saturated heterocycles. The predicted molar refractivity (Wildman–Crippen MR) is 47.0 cm³/mol. The molecule has 0 saturated carbocycles. The van der Waals surface area contributed by atoms with Crippen molar-refractivity contribution in [3.8, 4) is 0 Å². The van der Waals surface area contributed by atoms with Gasteiger partial charge in [-0.15, -0.1) is 0 Å². The van der Waals surface area contributed by atoms with E-state index in [1.54, 1.807) is 4.90 Å². The van der Waals surface area contributed by atoms with Gasteiger partial charge in [-0.25, -0.2) is 0 Å². The first-order valence-electron chi connectivity index (χ1n) is 4.54. The van der Waals surface area contributed by atoms with Crippen molar-refractivity contribution in [1.29, 1.82) is 0 Å². The molecule has 1 rings (SSSR count). The molecular formula is C9H15NO3. The SMILES string of the molecule is CCCN1C[C@@H](C(=O)OC)CC1=O. The van der Waals surface area contributed by atoms with Gasteiger partial charge < -0.3 is 9.64 Å². The van der Waals surface area contributed by atoms with E-state index in [9.17, 15) is 9.59 Å². The van der Waals surface area contributed by atoms with E-state index in [2.05, 4.69) is 4.74 Å². The van der Waals surface area contributed by atoms with E-state index in [0.29, 0.717) is 13.0 Å². The van der Waals surface area contributed by atoms with Gasteiger partial charge in [0.25, 0.3) is 0 Å². The topological polar surface area (TPSA) is 46.6 Å². The minimum Gasteiger partial charge on any atom is -0.469 e. The Balaban J connectivity index is 2.49. The molecular weight excluding hydrogens is 170 g/mol. The molecule has 4 nitrogen and oxygen atoms in total. The molecule has 1 fully saturated rings. The highest BCUT2D eigenvalue weighted by molar-refractivity contribution is 5.86. The molecule has 0 N–H and O–H groups in total. The quantitative estimate of drug-likeness (QED) is 0.598. The summed E-state index contributed by atoms with van der Waals surface area (Å²) in [6.07, 6.45) is 1.24. The number of hydrogen-bond donors (Lipinski definition) is 0. The highest BCUT2D eigenvalue weighted by Gasteiger charge is 2.34. The maximum absolute atomic E-state index is 11.3. The van der Waals surface area contributed by atoms with Crippen molar-refractivity contribution in [2.75, 3.05) is 20.2 Å². The van der Waals surface area contributed by atoms with Gasteiger partial charge in [0.1, 0.15) is 0 Å². The van der Waals surface area contributed by atoms with E-state index in [1.807, 2.05) is 6.92 Å². The number of ether oxygens (including phenoxy) is 1. The Bertz CT molecular complexity index is 215. The second kappa shape index (κ2) is 4.25. The fourth-order valence-corrected chi connectivity index (χ4v) is 1.58. The molecule has 1 aliphatic rings. The summed E-state index contributed by atoms with van der Waals surface area (Å²) in [7, 11) is 1.36. The summed E-state index contributed by atoms with van der Waals surface area (Å²) in [6.45, 7) is 3.28. The smallest absolute Gasteiger partial charge is 0.310 e. The van der Waals surface area contributed by atoms with E-state index < -0.39 is 0 Å². The van der Waals surface area contributed by atoms with Gasteiger partial charge in [-0.3, -0.25) is 9.59 Å². The second-order valence-electron chi connectivity index (χ2n) is 3.26. The molecule has 0 aromatic carbocycles. The summed E-state index contributed by atoms with van der Waals surface area (Å²) < 4.78 is 4.59. The summed E-state index contributed by atoms with van der Waals surface area (Å²) in [5.41, 5.74) is 0. The fraction of sp³-hybridized carbons (Fsp3) is 0.778. The zero-order chi connectivity index (χ0) is 9.84. The van der Waals surface area contributed by atoms with Crippen LogP contribution in [0.4, 0.5) is 0 Å². The molecule has 0 spiro atoms. The van der Waals surface area contributed by atoms with Crippen LogP contribution in [-0.4, -0.2) is 37.0 Å². The molecule has 0 aliphatic carbocycles. The molecule has 1 heterocycles. The Morgan fingerprint density at radius 2 is 2.38 bits per heavy atom. The molecule has 0 aromatic heterocycles. The predicted octanol–water partition coefficient (Wildman–Crippen LogP) is 0.418. The maximum Gasteiger partial charge on any atom is 0.310 e. The van der Waals surface area contributed by atoms with Crippen molar-refractivity contribution in [3.05, 3.63) is 0 Å². The monoisotopic (exact) mass is 185 g/mol. The van der Waals surface area contributed by atoms with Gasteiger partial charge in [0, 0.05) is 19.5 Å². The number of likely N-dealkylation sites (tertiary alicyclic amines) is 1. The van der Waals surface area contributed by atoms with E-state index in [1.165, 1.54) is 7.11 Å². The molecule has 1 amide bonds. The van der Waals surface area contributed by atoms with E-state index >= 15 is 0 Å². The summed E-state index contributed by atoms with van der Waals surface area (Å²) in [5, 5.41) is 0. The summed E-state index contributed by atoms with van der Waals surface area (Å²) in [6, 6.07) is 0. The average molecular weight is 185 g/mol. The highest BCUT2D eigenvalue weighted by Crippen LogP contribution is 2.18. The maximum atomic E-state index is 11.3. The Morgan fingerprint density at radius 1 is 1.69 bits per heavy atom. The van der Waals surface area contributed by atoms with Crippen molar-refractivity contribution < 1.29 is 14.3 Å². The van der Waals surface area contributed by atoms with Crippen molar-refractivity contribution in [2.45, 2.75) is 19.8 Å². The zero-order valence-electron chi connectivity index (χ0n) is 8.08. The molecule has 0 radical (unpaired) electrons. The first kappa shape index (κ1) is 10.0. The molecule has 0 bridgehead atoms. The van der Waals surface area contributed by atoms with Crippen LogP contribution in [0.3, 0.4) is 0 Å². The minimum atomic E-state index is -0.271. The number of rotatable bonds is 3. The minimum absolute atomic E-state index is 0.0669. The van der Waals surface area contributed by atoms with Crippen LogP contribution in [0.15, 0.2) is 0 Å². The molecule has 1 atom stereocenters. The third-order valence-electron chi connectivity index (χ3n) is 2.24. The molecule has 0 aromatic rings. The van der Waals surface area contributed by atoms with Crippen molar-refractivity contribution >= 4 is 11.9 Å². The van der Waals surface area contributed by atoms with E-state index in [0.717, 1.165) is 13.0 Å². The van der Waals surface area contributed by atoms with Crippen LogP contribution in [0, 0.1) is 5.92 Å². The van der Waals surface area contributed by atoms with Crippen molar-refractivity contribution in [1.82, 2.24) is 4.90 Å². The van der Waals surface area contributed by atoms with Crippen LogP contribution in [-0.2, 0) is 14.3 Å². The Morgan fingerprint density at radius 3 is 2.92 bits per heavy atom. The summed E-state index contributed by atoms with van der Waals surface area (Å²) in [5.74, 6) is -0.451. The average Bonchev–Trinajstić information content (AvgIpc) is 2.47. The lowest BCUT2D eigenvalue weighted by molar-refractivity contribution is -0.145. The molecule has 13 heavy (non-hydrogen) atoms. The number of carbonyl (C=O) groups excluding carboxylic acids is 2. The number of hydrogen-bond acceptors (Lipinski definition) is 3. The largest absolute Gasteiger partial charge is 0.469 e. The standard InChI is InChI=1S/C9H15NO3/c1-3-4-10-6-7(5-8(10)11)9(12)13-2/h7H,3-6H2,1-2H3/t7-/m0/s1. The lowest BCUT2D eigenvalue weighted by Gasteiger charge is -2.14. The van der Waals surface area contributed by atoms with Gasteiger partial charge in [-0.05, 0) is 6.42 Å². The first-order chi connectivity index (χ1) is 6.19. The van der Waals surface area contributed by atoms with Crippen molar-refractivity contribution in [3.63, 3.8) is 0 Å². The third kappa shape index (κ3) is 2.20. The van der Waals surface area contributed by atoms with E-state index in [-0.39, 0.29) is 17.8 Å². The van der Waals surface area contributed by atoms with Crippen molar-refractivity contribution in [2.24, 2.45) is 5.92 Å². The first-order valence-corrected chi connectivity index (χ1v) is 4.54. The number of carbonyl (C=O) groups is 2. The van der Waals surface area contributed by atoms with Gasteiger partial charge in [0.2, 0.25) is 5.91 Å². The van der Waals surface area contributed by atoms with E-state index in [4.69, 9.17) is 0 Å². The fourth-order valence-electron chi connectivity index (χ4n) is 1.58. The number of esters is 1. The second-order valence-corrected chi connectivity index (χ2v) is 3.26. The van der Waals surface area contributed by atoms with Crippen LogP contribution >= 0.6 is 0 Å². The molecule has 4 heteroatoms. The van der Waals surface area contributed by atoms with Crippen LogP contribution in [0.25, 0.3) is 0 Å². The van der Waals surface area contributed by atoms with Gasteiger partial charge in [0.05, 0.1) is 13.0 Å². The number of methoxy groups -OCH3 is 1. The van der Waals surface area contributed by atoms with Gasteiger partial charge >= 0.3 is 5.97 Å². The summed E-state index contributed by atoms with van der Waals surface area (Å²) >= 11 is 0.